The number of carbonyl (C=O) groups excluding carboxylic acids is 1. The second-order valence-corrected chi connectivity index (χ2v) is 8.63. The van der Waals surface area contributed by atoms with Crippen LogP contribution >= 0.6 is 0 Å². The van der Waals surface area contributed by atoms with Gasteiger partial charge in [0.1, 0.15) is 17.6 Å². The van der Waals surface area contributed by atoms with E-state index >= 15 is 0 Å². The third-order valence-corrected chi connectivity index (χ3v) is 6.39. The summed E-state index contributed by atoms with van der Waals surface area (Å²) in [6, 6.07) is 22.4. The number of carbonyl (C=O) groups is 1. The lowest BCUT2D eigenvalue weighted by atomic mass is 10.1. The van der Waals surface area contributed by atoms with E-state index < -0.39 is 11.2 Å². The molecule has 35 heavy (non-hydrogen) atoms. The highest BCUT2D eigenvalue weighted by molar-refractivity contribution is 6.03. The van der Waals surface area contributed by atoms with Gasteiger partial charge in [-0.25, -0.2) is 4.79 Å². The van der Waals surface area contributed by atoms with E-state index in [1.807, 2.05) is 68.4 Å². The Morgan fingerprint density at radius 3 is 2.43 bits per heavy atom. The molecule has 5 aromatic rings. The van der Waals surface area contributed by atoms with Crippen molar-refractivity contribution in [3.8, 4) is 0 Å². The van der Waals surface area contributed by atoms with Gasteiger partial charge in [-0.05, 0) is 55.2 Å². The molecule has 0 aliphatic heterocycles. The predicted octanol–water partition coefficient (Wildman–Crippen LogP) is 4.41. The van der Waals surface area contributed by atoms with E-state index in [1.165, 1.54) is 4.57 Å². The van der Waals surface area contributed by atoms with E-state index in [4.69, 9.17) is 4.42 Å². The Morgan fingerprint density at radius 1 is 0.886 bits per heavy atom. The number of hydrogen-bond donors (Lipinski definition) is 1. The molecular formula is C28H25N3O4. The molecule has 0 aliphatic carbocycles. The number of nitrogens with one attached hydrogen (secondary N) is 1. The number of amides is 1. The fourth-order valence-corrected chi connectivity index (χ4v) is 4.34. The largest absolute Gasteiger partial charge is 0.449 e. The first kappa shape index (κ1) is 22.4. The Labute approximate surface area is 201 Å². The van der Waals surface area contributed by atoms with Gasteiger partial charge < -0.3 is 9.73 Å². The zero-order valence-corrected chi connectivity index (χ0v) is 19.6. The zero-order chi connectivity index (χ0) is 24.5. The van der Waals surface area contributed by atoms with Gasteiger partial charge in [0.05, 0.1) is 0 Å². The van der Waals surface area contributed by atoms with E-state index in [1.54, 1.807) is 18.2 Å². The summed E-state index contributed by atoms with van der Waals surface area (Å²) in [5.41, 5.74) is 3.56. The Balaban J connectivity index is 1.60. The summed E-state index contributed by atoms with van der Waals surface area (Å²) in [6.45, 7) is 3.83. The number of nitrogens with zero attached hydrogens (tertiary/aromatic N) is 2. The van der Waals surface area contributed by atoms with Gasteiger partial charge in [0.2, 0.25) is 11.5 Å². The number of aromatic nitrogens is 2. The molecule has 2 aromatic heterocycles. The van der Waals surface area contributed by atoms with Crippen molar-refractivity contribution in [1.82, 2.24) is 9.13 Å². The second kappa shape index (κ2) is 9.10. The number of fused-ring (bicyclic) bond motifs is 3. The van der Waals surface area contributed by atoms with Crippen LogP contribution in [0.4, 0.5) is 5.69 Å². The maximum Gasteiger partial charge on any atom is 0.332 e. The second-order valence-electron chi connectivity index (χ2n) is 8.63. The van der Waals surface area contributed by atoms with Crippen molar-refractivity contribution in [2.45, 2.75) is 33.4 Å². The summed E-state index contributed by atoms with van der Waals surface area (Å²) in [5, 5.41) is 3.52. The molecule has 7 heteroatoms. The van der Waals surface area contributed by atoms with Gasteiger partial charge in [-0.2, -0.15) is 0 Å². The van der Waals surface area contributed by atoms with Gasteiger partial charge in [0, 0.05) is 17.6 Å². The number of anilines is 1. The number of furan rings is 1. The van der Waals surface area contributed by atoms with Crippen molar-refractivity contribution in [3.05, 3.63) is 110 Å². The lowest BCUT2D eigenvalue weighted by Crippen LogP contribution is -2.41. The van der Waals surface area contributed by atoms with E-state index in [0.29, 0.717) is 28.6 Å². The van der Waals surface area contributed by atoms with E-state index in [9.17, 15) is 14.4 Å². The standard InChI is InChI=1S/C28H25N3O4/c1-18-9-8-13-22(19(18)2)29-24(32)17-31-25-21-12-6-7-14-23(21)35-26(25)27(33)30(28(31)34)16-15-20-10-4-3-5-11-20/h3-14H,15-17H2,1-2H3,(H,29,32). The van der Waals surface area contributed by atoms with Gasteiger partial charge in [-0.15, -0.1) is 0 Å². The van der Waals surface area contributed by atoms with Gasteiger partial charge in [0.15, 0.2) is 0 Å². The van der Waals surface area contributed by atoms with Crippen LogP contribution in [-0.2, 0) is 24.3 Å². The molecule has 2 heterocycles. The number of hydrogen-bond acceptors (Lipinski definition) is 4. The van der Waals surface area contributed by atoms with Crippen molar-refractivity contribution in [2.24, 2.45) is 0 Å². The molecule has 0 saturated carbocycles. The topological polar surface area (TPSA) is 86.2 Å². The highest BCUT2D eigenvalue weighted by atomic mass is 16.3. The fourth-order valence-electron chi connectivity index (χ4n) is 4.34. The highest BCUT2D eigenvalue weighted by Crippen LogP contribution is 2.26. The summed E-state index contributed by atoms with van der Waals surface area (Å²) in [4.78, 5) is 40.0. The summed E-state index contributed by atoms with van der Waals surface area (Å²) in [6.07, 6.45) is 0.496. The maximum absolute atomic E-state index is 13.6. The smallest absolute Gasteiger partial charge is 0.332 e. The Morgan fingerprint density at radius 2 is 1.63 bits per heavy atom. The first-order chi connectivity index (χ1) is 16.9. The fraction of sp³-hybridized carbons (Fsp3) is 0.179. The first-order valence-corrected chi connectivity index (χ1v) is 11.5. The van der Waals surface area contributed by atoms with Gasteiger partial charge in [-0.3, -0.25) is 18.7 Å². The summed E-state index contributed by atoms with van der Waals surface area (Å²) < 4.78 is 8.38. The molecule has 7 nitrogen and oxygen atoms in total. The molecule has 0 atom stereocenters. The Bertz CT molecular complexity index is 1680. The van der Waals surface area contributed by atoms with Crippen LogP contribution in [0.5, 0.6) is 0 Å². The summed E-state index contributed by atoms with van der Waals surface area (Å²) in [5.74, 6) is -0.361. The minimum atomic E-state index is -0.541. The van der Waals surface area contributed by atoms with E-state index in [-0.39, 0.29) is 24.6 Å². The minimum Gasteiger partial charge on any atom is -0.449 e. The SMILES string of the molecule is Cc1cccc(NC(=O)Cn2c(=O)n(CCc3ccccc3)c(=O)c3oc4ccccc4c32)c1C. The minimum absolute atomic E-state index is 0.0680. The number of benzene rings is 3. The average Bonchev–Trinajstić information content (AvgIpc) is 3.25. The van der Waals surface area contributed by atoms with Crippen molar-refractivity contribution in [3.63, 3.8) is 0 Å². The number of para-hydroxylation sites is 1. The van der Waals surface area contributed by atoms with Gasteiger partial charge in [0.25, 0.3) is 5.56 Å². The lowest BCUT2D eigenvalue weighted by Gasteiger charge is -2.14. The highest BCUT2D eigenvalue weighted by Gasteiger charge is 2.21. The van der Waals surface area contributed by atoms with Crippen molar-refractivity contribution < 1.29 is 9.21 Å². The maximum atomic E-state index is 13.6. The molecule has 0 saturated heterocycles. The normalized spacial score (nSPS) is 11.3. The molecule has 1 amide bonds. The quantitative estimate of drug-likeness (QED) is 0.401. The Hall–Kier alpha value is -4.39. The zero-order valence-electron chi connectivity index (χ0n) is 19.6. The molecular weight excluding hydrogens is 442 g/mol. The van der Waals surface area contributed by atoms with Crippen LogP contribution in [0.3, 0.4) is 0 Å². The molecule has 0 unspecified atom stereocenters. The molecule has 0 fully saturated rings. The number of rotatable bonds is 6. The number of aryl methyl sites for hydroxylation is 2. The third kappa shape index (κ3) is 4.17. The van der Waals surface area contributed by atoms with Crippen LogP contribution in [0.1, 0.15) is 16.7 Å². The van der Waals surface area contributed by atoms with E-state index in [0.717, 1.165) is 21.3 Å². The average molecular weight is 468 g/mol. The molecule has 0 spiro atoms. The van der Waals surface area contributed by atoms with Crippen LogP contribution in [0.15, 0.2) is 86.8 Å². The summed E-state index contributed by atoms with van der Waals surface area (Å²) in [7, 11) is 0. The molecule has 0 aliphatic rings. The van der Waals surface area contributed by atoms with Gasteiger partial charge >= 0.3 is 5.69 Å². The summed E-state index contributed by atoms with van der Waals surface area (Å²) >= 11 is 0. The van der Waals surface area contributed by atoms with Crippen molar-refractivity contribution in [2.75, 3.05) is 5.32 Å². The van der Waals surface area contributed by atoms with Crippen molar-refractivity contribution in [1.29, 1.82) is 0 Å². The van der Waals surface area contributed by atoms with E-state index in [2.05, 4.69) is 5.32 Å². The Kier molecular flexibility index (Phi) is 5.82. The monoisotopic (exact) mass is 467 g/mol. The van der Waals surface area contributed by atoms with Gasteiger partial charge in [-0.1, -0.05) is 54.6 Å². The molecule has 3 aromatic carbocycles. The molecule has 1 N–H and O–H groups in total. The van der Waals surface area contributed by atoms with Crippen LogP contribution in [0.25, 0.3) is 22.1 Å². The predicted molar refractivity (Wildman–Crippen MR) is 137 cm³/mol. The van der Waals surface area contributed by atoms with Crippen LogP contribution in [0.2, 0.25) is 0 Å². The van der Waals surface area contributed by atoms with Crippen LogP contribution in [0, 0.1) is 13.8 Å². The third-order valence-electron chi connectivity index (χ3n) is 6.39. The molecule has 5 rings (SSSR count). The lowest BCUT2D eigenvalue weighted by molar-refractivity contribution is -0.116. The van der Waals surface area contributed by atoms with Crippen molar-refractivity contribution >= 4 is 33.7 Å². The first-order valence-electron chi connectivity index (χ1n) is 11.5. The molecule has 176 valence electrons. The van der Waals surface area contributed by atoms with Crippen LogP contribution in [-0.4, -0.2) is 15.0 Å². The van der Waals surface area contributed by atoms with Crippen LogP contribution < -0.4 is 16.6 Å². The molecule has 0 radical (unpaired) electrons. The molecule has 0 bridgehead atoms.